The van der Waals surface area contributed by atoms with Crippen molar-refractivity contribution in [2.75, 3.05) is 12.0 Å². The Labute approximate surface area is 99.8 Å². The third kappa shape index (κ3) is 2.24. The second-order valence-electron chi connectivity index (χ2n) is 4.12. The molecule has 0 unspecified atom stereocenters. The van der Waals surface area contributed by atoms with E-state index >= 15 is 0 Å². The van der Waals surface area contributed by atoms with Gasteiger partial charge in [-0.05, 0) is 25.5 Å². The molecule has 0 radical (unpaired) electrons. The van der Waals surface area contributed by atoms with Crippen molar-refractivity contribution in [1.29, 1.82) is 0 Å². The molecule has 1 aliphatic carbocycles. The Hall–Kier alpha value is -0.970. The number of amides is 1. The number of carbonyl (C=O) groups excluding carboxylic acids is 1. The van der Waals surface area contributed by atoms with Crippen molar-refractivity contribution in [2.24, 2.45) is 7.05 Å². The fraction of sp³-hybridized carbons (Fsp3) is 0.636. The van der Waals surface area contributed by atoms with Crippen molar-refractivity contribution in [1.82, 2.24) is 15.1 Å². The molecule has 1 amide bonds. The monoisotopic (exact) mass is 239 g/mol. The standard InChI is InChI=1S/C11H17N3OS/c1-14-10-5-3-4-9(8(10)6-12-14)13-11(15)7-16-2/h6,9H,3-5,7H2,1-2H3,(H,13,15)/t9-/m0/s1. The number of rotatable bonds is 3. The van der Waals surface area contributed by atoms with Crippen LogP contribution in [-0.4, -0.2) is 27.7 Å². The van der Waals surface area contributed by atoms with Gasteiger partial charge in [0.25, 0.3) is 0 Å². The van der Waals surface area contributed by atoms with Crippen molar-refractivity contribution >= 4 is 17.7 Å². The molecule has 1 atom stereocenters. The number of carbonyl (C=O) groups is 1. The van der Waals surface area contributed by atoms with Crippen molar-refractivity contribution in [3.63, 3.8) is 0 Å². The molecule has 0 spiro atoms. The fourth-order valence-corrected chi connectivity index (χ4v) is 2.57. The lowest BCUT2D eigenvalue weighted by Crippen LogP contribution is -2.32. The lowest BCUT2D eigenvalue weighted by Gasteiger charge is -2.23. The smallest absolute Gasteiger partial charge is 0.230 e. The molecule has 0 saturated heterocycles. The Morgan fingerprint density at radius 3 is 3.31 bits per heavy atom. The highest BCUT2D eigenvalue weighted by molar-refractivity contribution is 7.99. The Morgan fingerprint density at radius 1 is 1.75 bits per heavy atom. The van der Waals surface area contributed by atoms with Crippen LogP contribution in [0.15, 0.2) is 6.20 Å². The summed E-state index contributed by atoms with van der Waals surface area (Å²) < 4.78 is 1.92. The summed E-state index contributed by atoms with van der Waals surface area (Å²) in [4.78, 5) is 11.6. The SMILES string of the molecule is CSCC(=O)N[C@H]1CCCc2c1cnn2C. The molecule has 88 valence electrons. The van der Waals surface area contributed by atoms with E-state index < -0.39 is 0 Å². The van der Waals surface area contributed by atoms with Crippen LogP contribution in [0.4, 0.5) is 0 Å². The molecular formula is C11H17N3OS. The molecule has 1 N–H and O–H groups in total. The Bertz CT molecular complexity index is 389. The minimum atomic E-state index is 0.120. The first kappa shape index (κ1) is 11.5. The zero-order chi connectivity index (χ0) is 11.5. The molecule has 0 aliphatic heterocycles. The number of hydrogen-bond acceptors (Lipinski definition) is 3. The van der Waals surface area contributed by atoms with Gasteiger partial charge >= 0.3 is 0 Å². The number of aryl methyl sites for hydroxylation is 1. The highest BCUT2D eigenvalue weighted by Crippen LogP contribution is 2.28. The summed E-state index contributed by atoms with van der Waals surface area (Å²) in [5.74, 6) is 0.653. The number of hydrogen-bond donors (Lipinski definition) is 1. The summed E-state index contributed by atoms with van der Waals surface area (Å²) in [7, 11) is 1.96. The molecule has 1 heterocycles. The van der Waals surface area contributed by atoms with Gasteiger partial charge in [0.15, 0.2) is 0 Å². The maximum Gasteiger partial charge on any atom is 0.230 e. The quantitative estimate of drug-likeness (QED) is 0.864. The van der Waals surface area contributed by atoms with E-state index in [1.807, 2.05) is 24.2 Å². The van der Waals surface area contributed by atoms with Crippen LogP contribution in [0.2, 0.25) is 0 Å². The normalized spacial score (nSPS) is 19.2. The van der Waals surface area contributed by atoms with Crippen LogP contribution in [0, 0.1) is 0 Å². The van der Waals surface area contributed by atoms with E-state index in [1.54, 1.807) is 11.8 Å². The number of nitrogens with one attached hydrogen (secondary N) is 1. The maximum absolute atomic E-state index is 11.6. The summed E-state index contributed by atoms with van der Waals surface area (Å²) in [5, 5.41) is 7.34. The second-order valence-corrected chi connectivity index (χ2v) is 4.98. The van der Waals surface area contributed by atoms with Gasteiger partial charge in [0.2, 0.25) is 5.91 Å². The first-order valence-corrected chi connectivity index (χ1v) is 6.91. The van der Waals surface area contributed by atoms with Gasteiger partial charge in [-0.3, -0.25) is 9.48 Å². The van der Waals surface area contributed by atoms with Gasteiger partial charge in [0.05, 0.1) is 18.0 Å². The Balaban J connectivity index is 2.10. The second kappa shape index (κ2) is 4.91. The predicted molar refractivity (Wildman–Crippen MR) is 65.4 cm³/mol. The van der Waals surface area contributed by atoms with Gasteiger partial charge in [0, 0.05) is 18.3 Å². The van der Waals surface area contributed by atoms with Crippen LogP contribution in [-0.2, 0) is 18.3 Å². The average Bonchev–Trinajstić information content (AvgIpc) is 2.62. The molecule has 1 aliphatic rings. The zero-order valence-corrected chi connectivity index (χ0v) is 10.5. The summed E-state index contributed by atoms with van der Waals surface area (Å²) in [6, 6.07) is 0.164. The number of aromatic nitrogens is 2. The Morgan fingerprint density at radius 2 is 2.56 bits per heavy atom. The van der Waals surface area contributed by atoms with Gasteiger partial charge in [-0.15, -0.1) is 0 Å². The summed E-state index contributed by atoms with van der Waals surface area (Å²) >= 11 is 1.55. The molecule has 5 heteroatoms. The van der Waals surface area contributed by atoms with Gasteiger partial charge in [-0.2, -0.15) is 16.9 Å². The van der Waals surface area contributed by atoms with Crippen LogP contribution in [0.3, 0.4) is 0 Å². The van der Waals surface area contributed by atoms with E-state index in [2.05, 4.69) is 10.4 Å². The minimum absolute atomic E-state index is 0.120. The van der Waals surface area contributed by atoms with E-state index in [0.717, 1.165) is 19.3 Å². The number of thioether (sulfide) groups is 1. The topological polar surface area (TPSA) is 46.9 Å². The van der Waals surface area contributed by atoms with Gasteiger partial charge in [-0.1, -0.05) is 0 Å². The minimum Gasteiger partial charge on any atom is -0.348 e. The first-order chi connectivity index (χ1) is 7.72. The van der Waals surface area contributed by atoms with Crippen LogP contribution in [0.25, 0.3) is 0 Å². The molecular weight excluding hydrogens is 222 g/mol. The molecule has 0 fully saturated rings. The van der Waals surface area contributed by atoms with Crippen molar-refractivity contribution in [3.05, 3.63) is 17.5 Å². The summed E-state index contributed by atoms with van der Waals surface area (Å²) in [5.41, 5.74) is 2.46. The molecule has 2 rings (SSSR count). The molecule has 0 bridgehead atoms. The summed E-state index contributed by atoms with van der Waals surface area (Å²) in [6.45, 7) is 0. The lowest BCUT2D eigenvalue weighted by atomic mass is 9.93. The molecule has 1 aromatic heterocycles. The van der Waals surface area contributed by atoms with E-state index in [4.69, 9.17) is 0 Å². The first-order valence-electron chi connectivity index (χ1n) is 5.51. The molecule has 0 saturated carbocycles. The largest absolute Gasteiger partial charge is 0.348 e. The van der Waals surface area contributed by atoms with E-state index in [1.165, 1.54) is 11.3 Å². The van der Waals surface area contributed by atoms with Crippen molar-refractivity contribution in [2.45, 2.75) is 25.3 Å². The Kier molecular flexibility index (Phi) is 3.53. The van der Waals surface area contributed by atoms with Crippen molar-refractivity contribution in [3.8, 4) is 0 Å². The number of fused-ring (bicyclic) bond motifs is 1. The molecule has 16 heavy (non-hydrogen) atoms. The van der Waals surface area contributed by atoms with E-state index in [-0.39, 0.29) is 11.9 Å². The zero-order valence-electron chi connectivity index (χ0n) is 9.69. The predicted octanol–water partition coefficient (Wildman–Crippen LogP) is 1.28. The van der Waals surface area contributed by atoms with E-state index in [0.29, 0.717) is 5.75 Å². The van der Waals surface area contributed by atoms with Crippen LogP contribution in [0.1, 0.15) is 30.1 Å². The third-order valence-electron chi connectivity index (χ3n) is 2.99. The average molecular weight is 239 g/mol. The van der Waals surface area contributed by atoms with E-state index in [9.17, 15) is 4.79 Å². The van der Waals surface area contributed by atoms with Crippen LogP contribution < -0.4 is 5.32 Å². The van der Waals surface area contributed by atoms with Gasteiger partial charge in [0.1, 0.15) is 0 Å². The van der Waals surface area contributed by atoms with Crippen LogP contribution >= 0.6 is 11.8 Å². The third-order valence-corrected chi connectivity index (χ3v) is 3.54. The highest BCUT2D eigenvalue weighted by Gasteiger charge is 2.24. The maximum atomic E-state index is 11.6. The summed E-state index contributed by atoms with van der Waals surface area (Å²) in [6.07, 6.45) is 7.05. The molecule has 4 nitrogen and oxygen atoms in total. The molecule has 0 aromatic carbocycles. The van der Waals surface area contributed by atoms with Gasteiger partial charge in [-0.25, -0.2) is 0 Å². The highest BCUT2D eigenvalue weighted by atomic mass is 32.2. The lowest BCUT2D eigenvalue weighted by molar-refractivity contribution is -0.119. The number of nitrogens with zero attached hydrogens (tertiary/aromatic N) is 2. The fourth-order valence-electron chi connectivity index (χ4n) is 2.22. The van der Waals surface area contributed by atoms with Gasteiger partial charge < -0.3 is 5.32 Å². The van der Waals surface area contributed by atoms with Crippen LogP contribution in [0.5, 0.6) is 0 Å². The van der Waals surface area contributed by atoms with Crippen molar-refractivity contribution < 1.29 is 4.79 Å². The molecule has 1 aromatic rings.